The molecular formula is C18H22N2O5S2. The first-order valence-electron chi connectivity index (χ1n) is 8.48. The number of ether oxygens (including phenoxy) is 1. The highest BCUT2D eigenvalue weighted by atomic mass is 32.2. The van der Waals surface area contributed by atoms with Crippen molar-refractivity contribution in [2.45, 2.75) is 23.6 Å². The molecule has 9 heteroatoms. The van der Waals surface area contributed by atoms with E-state index in [2.05, 4.69) is 4.72 Å². The third-order valence-electron chi connectivity index (χ3n) is 4.35. The van der Waals surface area contributed by atoms with Gasteiger partial charge in [0.25, 0.3) is 10.0 Å². The van der Waals surface area contributed by atoms with Crippen molar-refractivity contribution in [3.05, 3.63) is 53.6 Å². The fourth-order valence-corrected chi connectivity index (χ4v) is 5.64. The van der Waals surface area contributed by atoms with E-state index < -0.39 is 20.0 Å². The van der Waals surface area contributed by atoms with Crippen molar-refractivity contribution in [2.24, 2.45) is 0 Å². The topological polar surface area (TPSA) is 92.8 Å². The highest BCUT2D eigenvalue weighted by Gasteiger charge is 2.26. The Morgan fingerprint density at radius 3 is 2.19 bits per heavy atom. The SMILES string of the molecule is Cc1ccc(C)c(S(=O)(=O)Nc2ccc(S(=O)(=O)N3CCOCC3)cc2)c1. The van der Waals surface area contributed by atoms with Crippen LogP contribution in [0.1, 0.15) is 11.1 Å². The van der Waals surface area contributed by atoms with Gasteiger partial charge in [-0.2, -0.15) is 4.31 Å². The van der Waals surface area contributed by atoms with Gasteiger partial charge in [-0.15, -0.1) is 0 Å². The third kappa shape index (κ3) is 4.32. The van der Waals surface area contributed by atoms with Gasteiger partial charge >= 0.3 is 0 Å². The zero-order valence-corrected chi connectivity index (χ0v) is 16.8. The molecule has 0 aliphatic carbocycles. The van der Waals surface area contributed by atoms with Crippen LogP contribution in [0.5, 0.6) is 0 Å². The second-order valence-corrected chi connectivity index (χ2v) is 10.0. The minimum Gasteiger partial charge on any atom is -0.379 e. The summed E-state index contributed by atoms with van der Waals surface area (Å²) in [4.78, 5) is 0.326. The first kappa shape index (κ1) is 19.8. The van der Waals surface area contributed by atoms with Crippen LogP contribution in [0.15, 0.2) is 52.3 Å². The molecule has 0 spiro atoms. The molecule has 1 fully saturated rings. The Labute approximate surface area is 160 Å². The van der Waals surface area contributed by atoms with E-state index in [9.17, 15) is 16.8 Å². The lowest BCUT2D eigenvalue weighted by Crippen LogP contribution is -2.40. The summed E-state index contributed by atoms with van der Waals surface area (Å²) in [7, 11) is -7.37. The minimum absolute atomic E-state index is 0.124. The average Bonchev–Trinajstić information content (AvgIpc) is 2.64. The summed E-state index contributed by atoms with van der Waals surface area (Å²) in [6.45, 7) is 4.91. The summed E-state index contributed by atoms with van der Waals surface area (Å²) in [5.74, 6) is 0. The molecule has 0 radical (unpaired) electrons. The summed E-state index contributed by atoms with van der Waals surface area (Å²) in [5, 5.41) is 0. The smallest absolute Gasteiger partial charge is 0.262 e. The van der Waals surface area contributed by atoms with Crippen molar-refractivity contribution in [3.63, 3.8) is 0 Å². The maximum atomic E-state index is 12.7. The summed E-state index contributed by atoms with van der Waals surface area (Å²) in [6.07, 6.45) is 0. The molecule has 0 aromatic heterocycles. The van der Waals surface area contributed by atoms with Crippen molar-refractivity contribution in [1.82, 2.24) is 4.31 Å². The number of morpholine rings is 1. The predicted molar refractivity (Wildman–Crippen MR) is 103 cm³/mol. The van der Waals surface area contributed by atoms with Crippen LogP contribution in [0.3, 0.4) is 0 Å². The number of rotatable bonds is 5. The number of nitrogens with one attached hydrogen (secondary N) is 1. The Bertz CT molecular complexity index is 1030. The van der Waals surface area contributed by atoms with Gasteiger partial charge in [0.2, 0.25) is 10.0 Å². The molecule has 146 valence electrons. The molecule has 0 amide bonds. The Morgan fingerprint density at radius 2 is 1.56 bits per heavy atom. The summed E-state index contributed by atoms with van der Waals surface area (Å²) < 4.78 is 59.6. The number of aryl methyl sites for hydroxylation is 2. The number of hydrogen-bond acceptors (Lipinski definition) is 5. The molecule has 1 heterocycles. The highest BCUT2D eigenvalue weighted by Crippen LogP contribution is 2.23. The standard InChI is InChI=1S/C18H22N2O5S2/c1-14-3-4-15(2)18(13-14)26(21,22)19-16-5-7-17(8-6-16)27(23,24)20-9-11-25-12-10-20/h3-8,13,19H,9-12H2,1-2H3. The van der Waals surface area contributed by atoms with E-state index >= 15 is 0 Å². The van der Waals surface area contributed by atoms with Gasteiger partial charge in [-0.1, -0.05) is 12.1 Å². The van der Waals surface area contributed by atoms with E-state index in [4.69, 9.17) is 4.74 Å². The van der Waals surface area contributed by atoms with Crippen LogP contribution < -0.4 is 4.72 Å². The molecule has 2 aromatic rings. The number of anilines is 1. The molecule has 7 nitrogen and oxygen atoms in total. The average molecular weight is 411 g/mol. The lowest BCUT2D eigenvalue weighted by Gasteiger charge is -2.26. The van der Waals surface area contributed by atoms with E-state index in [1.807, 2.05) is 13.0 Å². The number of benzene rings is 2. The van der Waals surface area contributed by atoms with Crippen LogP contribution in [0.2, 0.25) is 0 Å². The molecule has 3 rings (SSSR count). The maximum Gasteiger partial charge on any atom is 0.262 e. The Morgan fingerprint density at radius 1 is 0.926 bits per heavy atom. The summed E-state index contributed by atoms with van der Waals surface area (Å²) >= 11 is 0. The lowest BCUT2D eigenvalue weighted by molar-refractivity contribution is 0.0730. The second kappa shape index (κ2) is 7.59. The molecule has 0 saturated carbocycles. The Hall–Kier alpha value is -1.94. The number of hydrogen-bond donors (Lipinski definition) is 1. The highest BCUT2D eigenvalue weighted by molar-refractivity contribution is 7.92. The Kier molecular flexibility index (Phi) is 5.57. The van der Waals surface area contributed by atoms with E-state index in [-0.39, 0.29) is 9.79 Å². The van der Waals surface area contributed by atoms with E-state index in [0.29, 0.717) is 37.6 Å². The summed E-state index contributed by atoms with van der Waals surface area (Å²) in [6, 6.07) is 10.9. The minimum atomic E-state index is -3.76. The van der Waals surface area contributed by atoms with Gasteiger partial charge < -0.3 is 4.74 Å². The van der Waals surface area contributed by atoms with Gasteiger partial charge in [0, 0.05) is 18.8 Å². The predicted octanol–water partition coefficient (Wildman–Crippen LogP) is 2.13. The third-order valence-corrected chi connectivity index (χ3v) is 7.78. The van der Waals surface area contributed by atoms with E-state index in [1.165, 1.54) is 28.6 Å². The fourth-order valence-electron chi connectivity index (χ4n) is 2.84. The monoisotopic (exact) mass is 410 g/mol. The molecule has 0 atom stereocenters. The first-order chi connectivity index (χ1) is 12.7. The maximum absolute atomic E-state index is 12.7. The second-order valence-electron chi connectivity index (χ2n) is 6.42. The zero-order valence-electron chi connectivity index (χ0n) is 15.2. The van der Waals surface area contributed by atoms with Gasteiger partial charge in [0.1, 0.15) is 0 Å². The van der Waals surface area contributed by atoms with E-state index in [0.717, 1.165) is 5.56 Å². The van der Waals surface area contributed by atoms with Crippen molar-refractivity contribution < 1.29 is 21.6 Å². The molecule has 1 N–H and O–H groups in total. The number of sulfonamides is 2. The van der Waals surface area contributed by atoms with Crippen molar-refractivity contribution in [3.8, 4) is 0 Å². The van der Waals surface area contributed by atoms with Gasteiger partial charge in [-0.3, -0.25) is 4.72 Å². The molecule has 2 aromatic carbocycles. The van der Waals surface area contributed by atoms with Gasteiger partial charge in [0.05, 0.1) is 23.0 Å². The molecule has 1 aliphatic heterocycles. The summed E-state index contributed by atoms with van der Waals surface area (Å²) in [5.41, 5.74) is 1.78. The van der Waals surface area contributed by atoms with Crippen molar-refractivity contribution in [1.29, 1.82) is 0 Å². The van der Waals surface area contributed by atoms with Crippen LogP contribution in [-0.4, -0.2) is 47.4 Å². The van der Waals surface area contributed by atoms with Crippen LogP contribution >= 0.6 is 0 Å². The van der Waals surface area contributed by atoms with Crippen LogP contribution in [0.4, 0.5) is 5.69 Å². The molecule has 1 saturated heterocycles. The molecule has 0 bridgehead atoms. The molecular weight excluding hydrogens is 388 g/mol. The van der Waals surface area contributed by atoms with Crippen LogP contribution in [0.25, 0.3) is 0 Å². The van der Waals surface area contributed by atoms with E-state index in [1.54, 1.807) is 19.1 Å². The fraction of sp³-hybridized carbons (Fsp3) is 0.333. The largest absolute Gasteiger partial charge is 0.379 e. The quantitative estimate of drug-likeness (QED) is 0.815. The van der Waals surface area contributed by atoms with Crippen LogP contribution in [-0.2, 0) is 24.8 Å². The molecule has 27 heavy (non-hydrogen) atoms. The first-order valence-corrected chi connectivity index (χ1v) is 11.4. The molecule has 1 aliphatic rings. The van der Waals surface area contributed by atoms with Crippen molar-refractivity contribution >= 4 is 25.7 Å². The van der Waals surface area contributed by atoms with Crippen LogP contribution in [0, 0.1) is 13.8 Å². The normalized spacial score (nSPS) is 16.2. The van der Waals surface area contributed by atoms with Gasteiger partial charge in [-0.25, -0.2) is 16.8 Å². The zero-order chi connectivity index (χ0) is 19.7. The van der Waals surface area contributed by atoms with Gasteiger partial charge in [-0.05, 0) is 55.3 Å². The molecule has 0 unspecified atom stereocenters. The Balaban J connectivity index is 1.82. The number of nitrogens with zero attached hydrogens (tertiary/aromatic N) is 1. The van der Waals surface area contributed by atoms with Gasteiger partial charge in [0.15, 0.2) is 0 Å². The lowest BCUT2D eigenvalue weighted by atomic mass is 10.2. The van der Waals surface area contributed by atoms with Crippen molar-refractivity contribution in [2.75, 3.05) is 31.0 Å².